The van der Waals surface area contributed by atoms with Crippen LogP contribution in [0.4, 0.5) is 0 Å². The van der Waals surface area contributed by atoms with Gasteiger partial charge in [-0.3, -0.25) is 0 Å². The lowest BCUT2D eigenvalue weighted by atomic mass is 10.0. The van der Waals surface area contributed by atoms with Crippen molar-refractivity contribution in [2.45, 2.75) is 25.4 Å². The van der Waals surface area contributed by atoms with Crippen molar-refractivity contribution in [3.8, 4) is 11.5 Å². The van der Waals surface area contributed by atoms with E-state index in [2.05, 4.69) is 36.4 Å². The van der Waals surface area contributed by atoms with Gasteiger partial charge >= 0.3 is 0 Å². The molecule has 1 unspecified atom stereocenters. The summed E-state index contributed by atoms with van der Waals surface area (Å²) >= 11 is 0. The Kier molecular flexibility index (Phi) is 4.41. The van der Waals surface area contributed by atoms with Crippen LogP contribution in [0.25, 0.3) is 0 Å². The van der Waals surface area contributed by atoms with Gasteiger partial charge in [-0.15, -0.1) is 0 Å². The molecule has 0 aromatic heterocycles. The average molecular weight is 284 g/mol. The predicted molar refractivity (Wildman–Crippen MR) is 81.8 cm³/mol. The molecule has 3 rings (SSSR count). The highest BCUT2D eigenvalue weighted by Crippen LogP contribution is 2.32. The van der Waals surface area contributed by atoms with Gasteiger partial charge in [-0.05, 0) is 42.5 Å². The molecule has 1 heterocycles. The zero-order valence-electron chi connectivity index (χ0n) is 12.2. The zero-order chi connectivity index (χ0) is 14.5. The number of benzene rings is 2. The van der Waals surface area contributed by atoms with E-state index in [1.54, 1.807) is 7.11 Å². The van der Waals surface area contributed by atoms with E-state index < -0.39 is 0 Å². The SMILES string of the molecule is COC(CCc1ccc2c(c1)OCO2)Cc1ccccc1. The Morgan fingerprint density at radius 3 is 2.62 bits per heavy atom. The Morgan fingerprint density at radius 2 is 1.81 bits per heavy atom. The third-order valence-corrected chi connectivity index (χ3v) is 3.83. The van der Waals surface area contributed by atoms with Gasteiger partial charge in [-0.1, -0.05) is 36.4 Å². The molecule has 0 amide bonds. The van der Waals surface area contributed by atoms with Crippen molar-refractivity contribution in [2.24, 2.45) is 0 Å². The van der Waals surface area contributed by atoms with E-state index in [1.165, 1.54) is 11.1 Å². The molecule has 1 aliphatic rings. The molecule has 0 saturated heterocycles. The van der Waals surface area contributed by atoms with Crippen molar-refractivity contribution in [1.82, 2.24) is 0 Å². The molecule has 110 valence electrons. The van der Waals surface area contributed by atoms with Gasteiger partial charge < -0.3 is 14.2 Å². The molecule has 0 bridgehead atoms. The number of methoxy groups -OCH3 is 1. The summed E-state index contributed by atoms with van der Waals surface area (Å²) in [6, 6.07) is 16.6. The van der Waals surface area contributed by atoms with Crippen LogP contribution < -0.4 is 9.47 Å². The summed E-state index contributed by atoms with van der Waals surface area (Å²) < 4.78 is 16.4. The minimum Gasteiger partial charge on any atom is -0.454 e. The molecule has 0 radical (unpaired) electrons. The molecule has 1 atom stereocenters. The van der Waals surface area contributed by atoms with Crippen molar-refractivity contribution in [3.63, 3.8) is 0 Å². The van der Waals surface area contributed by atoms with Gasteiger partial charge in [0.25, 0.3) is 0 Å². The Balaban J connectivity index is 1.58. The van der Waals surface area contributed by atoms with E-state index >= 15 is 0 Å². The molecule has 0 aliphatic carbocycles. The van der Waals surface area contributed by atoms with Gasteiger partial charge in [0, 0.05) is 7.11 Å². The van der Waals surface area contributed by atoms with E-state index in [9.17, 15) is 0 Å². The van der Waals surface area contributed by atoms with E-state index in [1.807, 2.05) is 12.1 Å². The molecular weight excluding hydrogens is 264 g/mol. The Bertz CT molecular complexity index is 580. The lowest BCUT2D eigenvalue weighted by Crippen LogP contribution is -2.15. The number of fused-ring (bicyclic) bond motifs is 1. The molecule has 0 spiro atoms. The lowest BCUT2D eigenvalue weighted by Gasteiger charge is -2.15. The van der Waals surface area contributed by atoms with Crippen LogP contribution in [-0.2, 0) is 17.6 Å². The molecule has 3 heteroatoms. The van der Waals surface area contributed by atoms with Crippen molar-refractivity contribution in [1.29, 1.82) is 0 Å². The van der Waals surface area contributed by atoms with Gasteiger partial charge in [-0.25, -0.2) is 0 Å². The van der Waals surface area contributed by atoms with Gasteiger partial charge in [0.2, 0.25) is 6.79 Å². The first-order chi connectivity index (χ1) is 10.3. The summed E-state index contributed by atoms with van der Waals surface area (Å²) in [5, 5.41) is 0. The number of aryl methyl sites for hydroxylation is 1. The molecule has 0 saturated carbocycles. The smallest absolute Gasteiger partial charge is 0.231 e. The maximum absolute atomic E-state index is 5.61. The van der Waals surface area contributed by atoms with Crippen molar-refractivity contribution in [3.05, 3.63) is 59.7 Å². The standard InChI is InChI=1S/C18H20O3/c1-19-16(11-14-5-3-2-4-6-14)9-7-15-8-10-17-18(12-15)21-13-20-17/h2-6,8,10,12,16H,7,9,11,13H2,1H3. The summed E-state index contributed by atoms with van der Waals surface area (Å²) in [6.45, 7) is 0.327. The Labute approximate surface area is 125 Å². The fourth-order valence-electron chi connectivity index (χ4n) is 2.60. The zero-order valence-corrected chi connectivity index (χ0v) is 12.2. The first-order valence-electron chi connectivity index (χ1n) is 7.30. The highest BCUT2D eigenvalue weighted by Gasteiger charge is 2.14. The van der Waals surface area contributed by atoms with Crippen LogP contribution >= 0.6 is 0 Å². The van der Waals surface area contributed by atoms with Crippen LogP contribution in [0.3, 0.4) is 0 Å². The van der Waals surface area contributed by atoms with Crippen molar-refractivity contribution >= 4 is 0 Å². The predicted octanol–water partition coefficient (Wildman–Crippen LogP) is 3.61. The molecule has 2 aromatic rings. The van der Waals surface area contributed by atoms with Crippen LogP contribution in [-0.4, -0.2) is 20.0 Å². The van der Waals surface area contributed by atoms with Crippen LogP contribution in [0.1, 0.15) is 17.5 Å². The normalized spacial score (nSPS) is 14.1. The maximum atomic E-state index is 5.61. The number of hydrogen-bond acceptors (Lipinski definition) is 3. The number of ether oxygens (including phenoxy) is 3. The van der Waals surface area contributed by atoms with E-state index in [-0.39, 0.29) is 6.10 Å². The van der Waals surface area contributed by atoms with Crippen LogP contribution in [0.5, 0.6) is 11.5 Å². The van der Waals surface area contributed by atoms with Crippen molar-refractivity contribution < 1.29 is 14.2 Å². The summed E-state index contributed by atoms with van der Waals surface area (Å²) in [5.41, 5.74) is 2.57. The molecule has 0 N–H and O–H groups in total. The minimum atomic E-state index is 0.234. The van der Waals surface area contributed by atoms with E-state index in [0.717, 1.165) is 30.8 Å². The lowest BCUT2D eigenvalue weighted by molar-refractivity contribution is 0.0958. The van der Waals surface area contributed by atoms with Crippen molar-refractivity contribution in [2.75, 3.05) is 13.9 Å². The van der Waals surface area contributed by atoms with E-state index in [4.69, 9.17) is 14.2 Å². The highest BCUT2D eigenvalue weighted by atomic mass is 16.7. The first kappa shape index (κ1) is 14.0. The summed E-state index contributed by atoms with van der Waals surface area (Å²) in [5.74, 6) is 1.69. The van der Waals surface area contributed by atoms with Gasteiger partial charge in [-0.2, -0.15) is 0 Å². The average Bonchev–Trinajstić information content (AvgIpc) is 3.00. The monoisotopic (exact) mass is 284 g/mol. The third kappa shape index (κ3) is 3.56. The van der Waals surface area contributed by atoms with Gasteiger partial charge in [0.15, 0.2) is 11.5 Å². The largest absolute Gasteiger partial charge is 0.454 e. The molecule has 1 aliphatic heterocycles. The fourth-order valence-corrected chi connectivity index (χ4v) is 2.60. The highest BCUT2D eigenvalue weighted by molar-refractivity contribution is 5.44. The molecule has 2 aromatic carbocycles. The fraction of sp³-hybridized carbons (Fsp3) is 0.333. The summed E-state index contributed by atoms with van der Waals surface area (Å²) in [7, 11) is 1.78. The van der Waals surface area contributed by atoms with Gasteiger partial charge in [0.05, 0.1) is 6.10 Å². The second-order valence-corrected chi connectivity index (χ2v) is 5.27. The third-order valence-electron chi connectivity index (χ3n) is 3.83. The van der Waals surface area contributed by atoms with E-state index in [0.29, 0.717) is 6.79 Å². The Hall–Kier alpha value is -2.00. The molecule has 0 fully saturated rings. The second-order valence-electron chi connectivity index (χ2n) is 5.27. The summed E-state index contributed by atoms with van der Waals surface area (Å²) in [6.07, 6.45) is 3.15. The topological polar surface area (TPSA) is 27.7 Å². The first-order valence-corrected chi connectivity index (χ1v) is 7.30. The number of rotatable bonds is 6. The van der Waals surface area contributed by atoms with Crippen LogP contribution in [0.2, 0.25) is 0 Å². The van der Waals surface area contributed by atoms with Gasteiger partial charge in [0.1, 0.15) is 0 Å². The summed E-state index contributed by atoms with van der Waals surface area (Å²) in [4.78, 5) is 0. The maximum Gasteiger partial charge on any atom is 0.231 e. The number of hydrogen-bond donors (Lipinski definition) is 0. The molecule has 3 nitrogen and oxygen atoms in total. The van der Waals surface area contributed by atoms with Crippen LogP contribution in [0, 0.1) is 0 Å². The van der Waals surface area contributed by atoms with Crippen LogP contribution in [0.15, 0.2) is 48.5 Å². The second kappa shape index (κ2) is 6.64. The molecular formula is C18H20O3. The minimum absolute atomic E-state index is 0.234. The quantitative estimate of drug-likeness (QED) is 0.811. The Morgan fingerprint density at radius 1 is 1.00 bits per heavy atom. The molecule has 21 heavy (non-hydrogen) atoms.